The van der Waals surface area contributed by atoms with Crippen molar-refractivity contribution in [3.63, 3.8) is 0 Å². The van der Waals surface area contributed by atoms with Crippen LogP contribution in [0.4, 0.5) is 0 Å². The molecule has 0 atom stereocenters. The zero-order valence-electron chi connectivity index (χ0n) is 13.4. The van der Waals surface area contributed by atoms with Crippen LogP contribution in [0.1, 0.15) is 41.5 Å². The molecule has 1 heterocycles. The van der Waals surface area contributed by atoms with Gasteiger partial charge in [0, 0.05) is 19.1 Å². The fourth-order valence-corrected chi connectivity index (χ4v) is 2.33. The minimum Gasteiger partial charge on any atom is -0.858 e. The third kappa shape index (κ3) is 3.28. The van der Waals surface area contributed by atoms with Crippen LogP contribution in [-0.2, 0) is 6.54 Å². The Bertz CT molecular complexity index is 761. The molecule has 0 aliphatic heterocycles. The number of amides is 1. The van der Waals surface area contributed by atoms with Gasteiger partial charge in [-0.2, -0.15) is 0 Å². The highest BCUT2D eigenvalue weighted by atomic mass is 16.3. The number of aliphatic imine (C=N–C) groups is 1. The number of hydrogen-bond donors (Lipinski definition) is 2. The number of aromatic nitrogens is 3. The lowest BCUT2D eigenvalue weighted by Crippen LogP contribution is -2.27. The first-order valence-electron chi connectivity index (χ1n) is 7.91. The fourth-order valence-electron chi connectivity index (χ4n) is 2.33. The molecule has 1 aliphatic carbocycles. The molecule has 0 saturated heterocycles. The number of carbonyl (C=O) groups is 1. The highest BCUT2D eigenvalue weighted by Gasteiger charge is 2.27. The molecule has 0 unspecified atom stereocenters. The quantitative estimate of drug-likeness (QED) is 0.559. The van der Waals surface area contributed by atoms with Crippen LogP contribution in [-0.4, -0.2) is 39.4 Å². The third-order valence-corrected chi connectivity index (χ3v) is 3.74. The van der Waals surface area contributed by atoms with Crippen molar-refractivity contribution in [2.75, 3.05) is 6.54 Å². The molecule has 126 valence electrons. The Morgan fingerprint density at radius 3 is 2.71 bits per heavy atom. The molecule has 24 heavy (non-hydrogen) atoms. The molecule has 1 aromatic carbocycles. The van der Waals surface area contributed by atoms with Crippen LogP contribution in [0.15, 0.2) is 29.3 Å². The molecule has 3 rings (SSSR count). The Morgan fingerprint density at radius 1 is 1.42 bits per heavy atom. The highest BCUT2D eigenvalue weighted by molar-refractivity contribution is 5.94. The van der Waals surface area contributed by atoms with Gasteiger partial charge in [0.2, 0.25) is 0 Å². The van der Waals surface area contributed by atoms with Crippen molar-refractivity contribution in [2.24, 2.45) is 10.7 Å². The van der Waals surface area contributed by atoms with Crippen molar-refractivity contribution in [3.8, 4) is 5.69 Å². The molecule has 1 saturated carbocycles. The van der Waals surface area contributed by atoms with Crippen LogP contribution in [0.2, 0.25) is 0 Å². The minimum absolute atomic E-state index is 0.131. The lowest BCUT2D eigenvalue weighted by atomic mass is 10.2. The molecule has 1 aliphatic rings. The molecule has 3 N–H and O–H groups in total. The van der Waals surface area contributed by atoms with Gasteiger partial charge in [-0.25, -0.2) is 4.68 Å². The molecule has 1 amide bonds. The molecule has 0 radical (unpaired) electrons. The van der Waals surface area contributed by atoms with Crippen molar-refractivity contribution >= 4 is 11.8 Å². The van der Waals surface area contributed by atoms with Crippen LogP contribution in [0.5, 0.6) is 0 Å². The number of rotatable bonds is 6. The molecular formula is C16H19N6O2-. The smallest absolute Gasteiger partial charge is 0.274 e. The average Bonchev–Trinajstić information content (AvgIpc) is 3.29. The number of carbonyl (C=O) groups excluding carboxylic acids is 1. The SMILES string of the molecule is CCN=C([O-])c1ccc(-n2nnc(C(=O)NC3CC3)c2CN)cc1. The van der Waals surface area contributed by atoms with Gasteiger partial charge in [-0.1, -0.05) is 17.3 Å². The number of nitrogens with one attached hydrogen (secondary N) is 1. The van der Waals surface area contributed by atoms with Crippen LogP contribution < -0.4 is 16.2 Å². The van der Waals surface area contributed by atoms with Crippen LogP contribution in [0.25, 0.3) is 5.69 Å². The summed E-state index contributed by atoms with van der Waals surface area (Å²) in [6.45, 7) is 2.39. The Balaban J connectivity index is 1.87. The maximum atomic E-state index is 12.2. The third-order valence-electron chi connectivity index (χ3n) is 3.74. The van der Waals surface area contributed by atoms with Gasteiger partial charge in [-0.05, 0) is 43.4 Å². The van der Waals surface area contributed by atoms with Gasteiger partial charge in [-0.15, -0.1) is 5.10 Å². The Hall–Kier alpha value is -2.74. The summed E-state index contributed by atoms with van der Waals surface area (Å²) in [4.78, 5) is 16.0. The molecule has 8 nitrogen and oxygen atoms in total. The van der Waals surface area contributed by atoms with Crippen molar-refractivity contribution in [1.29, 1.82) is 0 Å². The normalized spacial score (nSPS) is 14.7. The van der Waals surface area contributed by atoms with E-state index in [2.05, 4.69) is 20.6 Å². The predicted octanol–water partition coefficient (Wildman–Crippen LogP) is -0.255. The first kappa shape index (κ1) is 16.1. The zero-order valence-corrected chi connectivity index (χ0v) is 13.4. The van der Waals surface area contributed by atoms with E-state index in [-0.39, 0.29) is 30.1 Å². The maximum Gasteiger partial charge on any atom is 0.274 e. The zero-order chi connectivity index (χ0) is 17.1. The molecule has 1 fully saturated rings. The highest BCUT2D eigenvalue weighted by Crippen LogP contribution is 2.20. The average molecular weight is 327 g/mol. The van der Waals surface area contributed by atoms with Gasteiger partial charge in [0.15, 0.2) is 5.69 Å². The molecule has 2 aromatic rings. The van der Waals surface area contributed by atoms with Gasteiger partial charge in [0.1, 0.15) is 0 Å². The summed E-state index contributed by atoms with van der Waals surface area (Å²) in [5, 5.41) is 22.6. The number of hydrogen-bond acceptors (Lipinski definition) is 6. The minimum atomic E-state index is -0.258. The van der Waals surface area contributed by atoms with E-state index in [1.807, 2.05) is 6.92 Å². The monoisotopic (exact) mass is 327 g/mol. The summed E-state index contributed by atoms with van der Waals surface area (Å²) in [6, 6.07) is 7.04. The van der Waals surface area contributed by atoms with Crippen molar-refractivity contribution < 1.29 is 9.90 Å². The molecule has 8 heteroatoms. The van der Waals surface area contributed by atoms with Crippen LogP contribution >= 0.6 is 0 Å². The number of benzene rings is 1. The van der Waals surface area contributed by atoms with E-state index < -0.39 is 0 Å². The lowest BCUT2D eigenvalue weighted by Gasteiger charge is -2.11. The second-order valence-corrected chi connectivity index (χ2v) is 5.57. The van der Waals surface area contributed by atoms with Crippen LogP contribution in [0.3, 0.4) is 0 Å². The van der Waals surface area contributed by atoms with Gasteiger partial charge in [0.05, 0.1) is 11.4 Å². The summed E-state index contributed by atoms with van der Waals surface area (Å²) in [5.41, 5.74) is 7.74. The first-order chi connectivity index (χ1) is 11.6. The number of nitrogens with zero attached hydrogens (tertiary/aromatic N) is 4. The van der Waals surface area contributed by atoms with Gasteiger partial charge >= 0.3 is 0 Å². The molecule has 0 bridgehead atoms. The summed E-state index contributed by atoms with van der Waals surface area (Å²) in [7, 11) is 0. The summed E-state index contributed by atoms with van der Waals surface area (Å²) < 4.78 is 1.52. The molecule has 0 spiro atoms. The van der Waals surface area contributed by atoms with Gasteiger partial charge in [-0.3, -0.25) is 4.79 Å². The van der Waals surface area contributed by atoms with Crippen LogP contribution in [0, 0.1) is 0 Å². The van der Waals surface area contributed by atoms with E-state index in [0.717, 1.165) is 12.8 Å². The Morgan fingerprint density at radius 2 is 2.12 bits per heavy atom. The molecule has 1 aromatic heterocycles. The summed E-state index contributed by atoms with van der Waals surface area (Å²) >= 11 is 0. The second-order valence-electron chi connectivity index (χ2n) is 5.57. The topological polar surface area (TPSA) is 121 Å². The van der Waals surface area contributed by atoms with Crippen molar-refractivity contribution in [3.05, 3.63) is 41.2 Å². The number of nitrogens with two attached hydrogens (primary N) is 1. The predicted molar refractivity (Wildman–Crippen MR) is 86.8 cm³/mol. The van der Waals surface area contributed by atoms with E-state index in [9.17, 15) is 9.90 Å². The van der Waals surface area contributed by atoms with E-state index in [4.69, 9.17) is 5.73 Å². The first-order valence-corrected chi connectivity index (χ1v) is 7.91. The Labute approximate surface area is 139 Å². The van der Waals surface area contributed by atoms with Gasteiger partial charge < -0.3 is 21.1 Å². The lowest BCUT2D eigenvalue weighted by molar-refractivity contribution is -0.213. The standard InChI is InChI=1S/C16H20N6O2/c1-2-18-15(23)10-3-7-12(8-4-10)22-13(9-17)14(20-21-22)16(24)19-11-5-6-11/h3-4,7-8,11H,2,5-6,9,17H2,1H3,(H,18,23)(H,19,24)/p-1. The molecular weight excluding hydrogens is 308 g/mol. The van der Waals surface area contributed by atoms with E-state index in [1.165, 1.54) is 4.68 Å². The van der Waals surface area contributed by atoms with E-state index >= 15 is 0 Å². The summed E-state index contributed by atoms with van der Waals surface area (Å²) in [6.07, 6.45) is 1.99. The maximum absolute atomic E-state index is 12.2. The summed E-state index contributed by atoms with van der Waals surface area (Å²) in [5.74, 6) is -0.510. The van der Waals surface area contributed by atoms with Gasteiger partial charge in [0.25, 0.3) is 5.91 Å². The van der Waals surface area contributed by atoms with E-state index in [0.29, 0.717) is 23.5 Å². The second kappa shape index (κ2) is 6.79. The van der Waals surface area contributed by atoms with Crippen molar-refractivity contribution in [1.82, 2.24) is 20.3 Å². The van der Waals surface area contributed by atoms with Crippen molar-refractivity contribution in [2.45, 2.75) is 32.4 Å². The fraction of sp³-hybridized carbons (Fsp3) is 0.375. The Kier molecular flexibility index (Phi) is 4.57. The van der Waals surface area contributed by atoms with E-state index in [1.54, 1.807) is 24.3 Å². The largest absolute Gasteiger partial charge is 0.858 e.